The van der Waals surface area contributed by atoms with Gasteiger partial charge in [-0.1, -0.05) is 97.1 Å². The highest BCUT2D eigenvalue weighted by Crippen LogP contribution is 2.49. The normalized spacial score (nSPS) is 23.1. The number of benzene rings is 4. The predicted molar refractivity (Wildman–Crippen MR) is 165 cm³/mol. The number of hydrogen-bond acceptors (Lipinski definition) is 6. The van der Waals surface area contributed by atoms with E-state index in [0.717, 1.165) is 47.9 Å². The number of ether oxygens (including phenoxy) is 4. The zero-order valence-electron chi connectivity index (χ0n) is 25.0. The monoisotopic (exact) mass is 588 g/mol. The van der Waals surface area contributed by atoms with Gasteiger partial charge in [0.25, 0.3) is 0 Å². The summed E-state index contributed by atoms with van der Waals surface area (Å²) in [6.45, 7) is 3.16. The van der Waals surface area contributed by atoms with Crippen LogP contribution in [0.4, 0.5) is 0 Å². The van der Waals surface area contributed by atoms with E-state index in [4.69, 9.17) is 18.9 Å². The Kier molecular flexibility index (Phi) is 7.57. The molecule has 0 amide bonds. The molecule has 8 bridgehead atoms. The molecule has 1 fully saturated rings. The molecule has 0 aromatic heterocycles. The molecule has 1 saturated heterocycles. The molecule has 1 heterocycles. The number of rotatable bonds is 4. The summed E-state index contributed by atoms with van der Waals surface area (Å²) in [6.07, 6.45) is 1.14. The van der Waals surface area contributed by atoms with Crippen LogP contribution in [0, 0.1) is 0 Å². The summed E-state index contributed by atoms with van der Waals surface area (Å²) in [5.41, 5.74) is 8.41. The Balaban J connectivity index is 1.18. The summed E-state index contributed by atoms with van der Waals surface area (Å²) in [5.74, 6) is -2.20. The molecule has 6 heteroatoms. The zero-order valence-corrected chi connectivity index (χ0v) is 25.0. The minimum atomic E-state index is -1.24. The second-order valence-electron chi connectivity index (χ2n) is 12.3. The highest BCUT2D eigenvalue weighted by Gasteiger charge is 2.48. The van der Waals surface area contributed by atoms with E-state index >= 15 is 0 Å². The van der Waals surface area contributed by atoms with E-state index in [9.17, 15) is 9.59 Å². The Morgan fingerprint density at radius 3 is 1.30 bits per heavy atom. The second kappa shape index (κ2) is 11.7. The molecule has 4 aromatic rings. The van der Waals surface area contributed by atoms with Crippen LogP contribution >= 0.6 is 0 Å². The molecule has 9 aliphatic rings. The van der Waals surface area contributed by atoms with E-state index in [0.29, 0.717) is 0 Å². The number of esters is 2. The van der Waals surface area contributed by atoms with E-state index in [-0.39, 0.29) is 6.42 Å². The third kappa shape index (κ3) is 5.92. The third-order valence-electron chi connectivity index (χ3n) is 8.96. The van der Waals surface area contributed by atoms with Crippen molar-refractivity contribution in [3.8, 4) is 0 Å². The van der Waals surface area contributed by atoms with Crippen LogP contribution in [0.3, 0.4) is 0 Å². The molecule has 4 atom stereocenters. The lowest BCUT2D eigenvalue weighted by Crippen LogP contribution is -2.32. The van der Waals surface area contributed by atoms with Gasteiger partial charge in [-0.05, 0) is 77.1 Å². The Hall–Kier alpha value is -4.26. The fourth-order valence-corrected chi connectivity index (χ4v) is 6.56. The van der Waals surface area contributed by atoms with Crippen LogP contribution in [0.5, 0.6) is 0 Å². The minimum Gasteiger partial charge on any atom is -0.453 e. The minimum absolute atomic E-state index is 0.142. The summed E-state index contributed by atoms with van der Waals surface area (Å²) in [5, 5.41) is 0. The molecule has 4 aromatic carbocycles. The van der Waals surface area contributed by atoms with Gasteiger partial charge < -0.3 is 18.9 Å². The van der Waals surface area contributed by atoms with E-state index in [2.05, 4.69) is 48.5 Å². The lowest BCUT2D eigenvalue weighted by molar-refractivity contribution is -0.194. The van der Waals surface area contributed by atoms with Gasteiger partial charge in [0, 0.05) is 6.92 Å². The van der Waals surface area contributed by atoms with Crippen molar-refractivity contribution < 1.29 is 28.5 Å². The first-order valence-corrected chi connectivity index (χ1v) is 15.4. The average molecular weight is 589 g/mol. The van der Waals surface area contributed by atoms with E-state index in [1.165, 1.54) is 29.2 Å². The van der Waals surface area contributed by atoms with Gasteiger partial charge in [0.15, 0.2) is 18.0 Å². The van der Waals surface area contributed by atoms with Gasteiger partial charge in [-0.3, -0.25) is 9.59 Å². The first kappa shape index (κ1) is 28.5. The van der Waals surface area contributed by atoms with Gasteiger partial charge in [0.1, 0.15) is 12.2 Å². The number of aryl methyl sites for hydroxylation is 4. The van der Waals surface area contributed by atoms with Crippen LogP contribution in [0.25, 0.3) is 0 Å². The summed E-state index contributed by atoms with van der Waals surface area (Å²) >= 11 is 0. The van der Waals surface area contributed by atoms with Crippen molar-refractivity contribution in [1.29, 1.82) is 0 Å². The molecule has 1 aliphatic heterocycles. The Bertz CT molecular complexity index is 1580. The highest BCUT2D eigenvalue weighted by molar-refractivity contribution is 5.71. The van der Waals surface area contributed by atoms with E-state index in [1.54, 1.807) is 6.92 Å². The van der Waals surface area contributed by atoms with Gasteiger partial charge in [0.05, 0.1) is 6.42 Å². The van der Waals surface area contributed by atoms with Crippen LogP contribution in [0.1, 0.15) is 89.2 Å². The summed E-state index contributed by atoms with van der Waals surface area (Å²) in [6, 6.07) is 32.9. The van der Waals surface area contributed by atoms with Crippen molar-refractivity contribution >= 4 is 11.9 Å². The lowest BCUT2D eigenvalue weighted by atomic mass is 9.93. The van der Waals surface area contributed by atoms with Gasteiger partial charge in [0.2, 0.25) is 0 Å². The van der Waals surface area contributed by atoms with Gasteiger partial charge in [-0.15, -0.1) is 0 Å². The molecular weight excluding hydrogens is 552 g/mol. The molecule has 224 valence electrons. The standard InChI is InChI=1S/C38H36O6/c1-24(39)41-34-29-15-7-25(8-16-29)3-4-26-9-17-30(18-10-26)35(34)42-33(40)23-38(2)43-36-31-19-11-27(12-20-31)5-6-28-13-21-32(22-14-28)37(36)44-38/h7-22,34-37H,3-6,23H2,1-2H3/t34-,35+,36+,37+/m1/s1. The van der Waals surface area contributed by atoms with Crippen molar-refractivity contribution in [2.75, 3.05) is 0 Å². The largest absolute Gasteiger partial charge is 0.453 e. The SMILES string of the molecule is CC(=O)O[C@@H]1c2ccc(cc2)CCc2ccc(cc2)[C@@H]1OC(=O)CC1(C)O[C@H]2c3ccc(cc3)CCc3ccc(cc3)[C@@H]2O1. The van der Waals surface area contributed by atoms with Gasteiger partial charge in [-0.25, -0.2) is 0 Å². The summed E-state index contributed by atoms with van der Waals surface area (Å²) in [7, 11) is 0. The number of carbonyl (C=O) groups excluding carboxylic acids is 2. The van der Waals surface area contributed by atoms with Crippen LogP contribution in [0.2, 0.25) is 0 Å². The Morgan fingerprint density at radius 2 is 0.932 bits per heavy atom. The molecule has 0 N–H and O–H groups in total. The molecule has 8 aliphatic carbocycles. The predicted octanol–water partition coefficient (Wildman–Crippen LogP) is 7.41. The molecule has 0 saturated carbocycles. The van der Waals surface area contributed by atoms with Crippen LogP contribution in [-0.2, 0) is 54.2 Å². The van der Waals surface area contributed by atoms with Crippen molar-refractivity contribution in [3.63, 3.8) is 0 Å². The van der Waals surface area contributed by atoms with Crippen LogP contribution in [0.15, 0.2) is 97.1 Å². The maximum atomic E-state index is 13.8. The van der Waals surface area contributed by atoms with Crippen molar-refractivity contribution in [1.82, 2.24) is 0 Å². The average Bonchev–Trinajstić information content (AvgIpc) is 3.37. The zero-order chi connectivity index (χ0) is 30.3. The fraction of sp³-hybridized carbons (Fsp3) is 0.316. The van der Waals surface area contributed by atoms with Crippen molar-refractivity contribution in [3.05, 3.63) is 142 Å². The molecule has 6 nitrogen and oxygen atoms in total. The van der Waals surface area contributed by atoms with Crippen molar-refractivity contribution in [2.45, 2.75) is 76.2 Å². The first-order valence-electron chi connectivity index (χ1n) is 15.4. The summed E-state index contributed by atoms with van der Waals surface area (Å²) in [4.78, 5) is 26.1. The maximum absolute atomic E-state index is 13.8. The van der Waals surface area contributed by atoms with E-state index in [1.807, 2.05) is 48.5 Å². The Morgan fingerprint density at radius 1 is 0.591 bits per heavy atom. The van der Waals surface area contributed by atoms with Crippen LogP contribution < -0.4 is 0 Å². The highest BCUT2D eigenvalue weighted by atomic mass is 16.8. The topological polar surface area (TPSA) is 71.1 Å². The van der Waals surface area contributed by atoms with Gasteiger partial charge >= 0.3 is 11.9 Å². The quantitative estimate of drug-likeness (QED) is 0.231. The summed E-state index contributed by atoms with van der Waals surface area (Å²) < 4.78 is 25.2. The Labute approximate surface area is 257 Å². The maximum Gasteiger partial charge on any atom is 0.312 e. The number of carbonyl (C=O) groups is 2. The second-order valence-corrected chi connectivity index (χ2v) is 12.3. The third-order valence-corrected chi connectivity index (χ3v) is 8.96. The molecule has 0 radical (unpaired) electrons. The smallest absolute Gasteiger partial charge is 0.312 e. The molecule has 0 unspecified atom stereocenters. The molecule has 13 rings (SSSR count). The van der Waals surface area contributed by atoms with Crippen molar-refractivity contribution in [2.24, 2.45) is 0 Å². The molecular formula is C38H36O6. The van der Waals surface area contributed by atoms with E-state index < -0.39 is 42.1 Å². The number of hydrogen-bond donors (Lipinski definition) is 0. The molecule has 0 spiro atoms. The molecule has 44 heavy (non-hydrogen) atoms. The lowest BCUT2D eigenvalue weighted by Gasteiger charge is -2.29. The fourth-order valence-electron chi connectivity index (χ4n) is 6.56. The van der Waals surface area contributed by atoms with Gasteiger partial charge in [-0.2, -0.15) is 0 Å². The first-order chi connectivity index (χ1) is 21.3. The van der Waals surface area contributed by atoms with Crippen LogP contribution in [-0.4, -0.2) is 17.7 Å².